The van der Waals surface area contributed by atoms with Gasteiger partial charge in [-0.3, -0.25) is 9.59 Å². The molecule has 0 unspecified atom stereocenters. The second-order valence-corrected chi connectivity index (χ2v) is 4.98. The first-order valence-electron chi connectivity index (χ1n) is 6.25. The Morgan fingerprint density at radius 2 is 1.80 bits per heavy atom. The smallest absolute Gasteiger partial charge is 0.304 e. The number of alkyl halides is 3. The normalized spacial score (nSPS) is 14.9. The molecular weight excluding hydrogens is 271 g/mol. The first-order valence-corrected chi connectivity index (χ1v) is 6.25. The van der Waals surface area contributed by atoms with E-state index in [1.54, 1.807) is 19.9 Å². The molecule has 3 nitrogen and oxygen atoms in total. The largest absolute Gasteiger partial charge is 0.389 e. The third kappa shape index (κ3) is 2.69. The fourth-order valence-corrected chi connectivity index (χ4v) is 2.48. The molecule has 108 valence electrons. The standard InChI is InChI=1S/C14H14F3NO2/c1-8-6-9(2)11-10(7-8)12(19)13(20)18(11)5-3-4-14(15,16)17/h6-7H,3-5H2,1-2H3. The van der Waals surface area contributed by atoms with Gasteiger partial charge in [-0.25, -0.2) is 0 Å². The van der Waals surface area contributed by atoms with Gasteiger partial charge in [-0.2, -0.15) is 13.2 Å². The Bertz CT molecular complexity index is 579. The number of halogens is 3. The van der Waals surface area contributed by atoms with Gasteiger partial charge in [0.2, 0.25) is 0 Å². The van der Waals surface area contributed by atoms with Gasteiger partial charge < -0.3 is 4.90 Å². The van der Waals surface area contributed by atoms with Gasteiger partial charge in [0.05, 0.1) is 11.3 Å². The minimum atomic E-state index is -4.25. The predicted octanol–water partition coefficient (Wildman–Crippen LogP) is 3.18. The van der Waals surface area contributed by atoms with Crippen LogP contribution in [0.3, 0.4) is 0 Å². The predicted molar refractivity (Wildman–Crippen MR) is 67.9 cm³/mol. The number of hydrogen-bond acceptors (Lipinski definition) is 2. The van der Waals surface area contributed by atoms with Crippen molar-refractivity contribution in [1.82, 2.24) is 0 Å². The van der Waals surface area contributed by atoms with Crippen LogP contribution in [-0.2, 0) is 4.79 Å². The molecule has 1 aromatic carbocycles. The van der Waals surface area contributed by atoms with Crippen LogP contribution in [0, 0.1) is 13.8 Å². The topological polar surface area (TPSA) is 37.4 Å². The van der Waals surface area contributed by atoms with Crippen molar-refractivity contribution in [3.05, 3.63) is 28.8 Å². The highest BCUT2D eigenvalue weighted by atomic mass is 19.4. The summed E-state index contributed by atoms with van der Waals surface area (Å²) in [6.07, 6.45) is -5.43. The number of ketones is 1. The molecule has 1 amide bonds. The van der Waals surface area contributed by atoms with Crippen molar-refractivity contribution in [1.29, 1.82) is 0 Å². The van der Waals surface area contributed by atoms with E-state index in [9.17, 15) is 22.8 Å². The molecule has 0 atom stereocenters. The molecule has 0 saturated carbocycles. The third-order valence-electron chi connectivity index (χ3n) is 3.24. The van der Waals surface area contributed by atoms with Crippen LogP contribution in [0.2, 0.25) is 0 Å². The van der Waals surface area contributed by atoms with Gasteiger partial charge in [0, 0.05) is 13.0 Å². The lowest BCUT2D eigenvalue weighted by molar-refractivity contribution is -0.135. The van der Waals surface area contributed by atoms with E-state index in [0.717, 1.165) is 16.0 Å². The number of benzene rings is 1. The summed E-state index contributed by atoms with van der Waals surface area (Å²) in [6.45, 7) is 3.45. The van der Waals surface area contributed by atoms with E-state index in [1.165, 1.54) is 0 Å². The van der Waals surface area contributed by atoms with Gasteiger partial charge in [0.1, 0.15) is 0 Å². The van der Waals surface area contributed by atoms with E-state index in [4.69, 9.17) is 0 Å². The van der Waals surface area contributed by atoms with E-state index in [2.05, 4.69) is 0 Å². The zero-order valence-corrected chi connectivity index (χ0v) is 11.2. The average Bonchev–Trinajstić information content (AvgIpc) is 2.53. The maximum Gasteiger partial charge on any atom is 0.389 e. The van der Waals surface area contributed by atoms with Gasteiger partial charge in [0.15, 0.2) is 0 Å². The fourth-order valence-electron chi connectivity index (χ4n) is 2.48. The average molecular weight is 285 g/mol. The number of hydrogen-bond donors (Lipinski definition) is 0. The number of carbonyl (C=O) groups excluding carboxylic acids is 2. The van der Waals surface area contributed by atoms with Crippen LogP contribution >= 0.6 is 0 Å². The van der Waals surface area contributed by atoms with Crippen LogP contribution in [0.5, 0.6) is 0 Å². The highest BCUT2D eigenvalue weighted by Crippen LogP contribution is 2.34. The molecule has 0 spiro atoms. The van der Waals surface area contributed by atoms with Crippen molar-refractivity contribution in [3.63, 3.8) is 0 Å². The highest BCUT2D eigenvalue weighted by Gasteiger charge is 2.37. The summed E-state index contributed by atoms with van der Waals surface area (Å²) in [4.78, 5) is 24.9. The molecule has 0 aromatic heterocycles. The van der Waals surface area contributed by atoms with Crippen LogP contribution in [0.4, 0.5) is 18.9 Å². The zero-order chi connectivity index (χ0) is 15.1. The molecule has 1 heterocycles. The number of fused-ring (bicyclic) bond motifs is 1. The molecule has 0 aliphatic carbocycles. The van der Waals surface area contributed by atoms with Crippen LogP contribution in [0.1, 0.15) is 34.3 Å². The Kier molecular flexibility index (Phi) is 3.58. The van der Waals surface area contributed by atoms with E-state index in [-0.39, 0.29) is 13.0 Å². The number of rotatable bonds is 3. The Morgan fingerprint density at radius 3 is 2.40 bits per heavy atom. The Labute approximate surface area is 114 Å². The summed E-state index contributed by atoms with van der Waals surface area (Å²) in [6, 6.07) is 3.41. The molecule has 0 N–H and O–H groups in total. The number of carbonyl (C=O) groups is 2. The zero-order valence-electron chi connectivity index (χ0n) is 11.2. The van der Waals surface area contributed by atoms with Gasteiger partial charge in [-0.05, 0) is 37.5 Å². The van der Waals surface area contributed by atoms with E-state index in [1.807, 2.05) is 6.07 Å². The van der Waals surface area contributed by atoms with Crippen molar-refractivity contribution >= 4 is 17.4 Å². The van der Waals surface area contributed by atoms with E-state index in [0.29, 0.717) is 11.3 Å². The number of amides is 1. The summed E-state index contributed by atoms with van der Waals surface area (Å²) < 4.78 is 36.5. The minimum absolute atomic E-state index is 0.0962. The van der Waals surface area contributed by atoms with Crippen molar-refractivity contribution in [3.8, 4) is 0 Å². The third-order valence-corrected chi connectivity index (χ3v) is 3.24. The summed E-state index contributed by atoms with van der Waals surface area (Å²) in [5.41, 5.74) is 2.32. The van der Waals surface area contributed by atoms with Crippen LogP contribution in [-0.4, -0.2) is 24.4 Å². The molecule has 1 aliphatic rings. The van der Waals surface area contributed by atoms with Crippen molar-refractivity contribution in [2.45, 2.75) is 32.9 Å². The van der Waals surface area contributed by atoms with Gasteiger partial charge >= 0.3 is 6.18 Å². The van der Waals surface area contributed by atoms with E-state index < -0.39 is 24.3 Å². The highest BCUT2D eigenvalue weighted by molar-refractivity contribution is 6.52. The maximum atomic E-state index is 12.2. The minimum Gasteiger partial charge on any atom is -0.304 e. The quantitative estimate of drug-likeness (QED) is 0.800. The number of Topliss-reactive ketones (excluding diaryl/α,β-unsaturated/α-hetero) is 1. The fraction of sp³-hybridized carbons (Fsp3) is 0.429. The molecule has 2 rings (SSSR count). The summed E-state index contributed by atoms with van der Waals surface area (Å²) in [7, 11) is 0. The lowest BCUT2D eigenvalue weighted by Crippen LogP contribution is -2.31. The Hall–Kier alpha value is -1.85. The lowest BCUT2D eigenvalue weighted by atomic mass is 10.0. The molecule has 0 saturated heterocycles. The SMILES string of the molecule is Cc1cc(C)c2c(c1)C(=O)C(=O)N2CCCC(F)(F)F. The first kappa shape index (κ1) is 14.6. The molecule has 6 heteroatoms. The molecule has 0 fully saturated rings. The molecular formula is C14H14F3NO2. The Balaban J connectivity index is 2.25. The van der Waals surface area contributed by atoms with Crippen molar-refractivity contribution in [2.75, 3.05) is 11.4 Å². The first-order chi connectivity index (χ1) is 9.20. The van der Waals surface area contributed by atoms with Gasteiger partial charge in [-0.15, -0.1) is 0 Å². The van der Waals surface area contributed by atoms with Crippen LogP contribution < -0.4 is 4.90 Å². The maximum absolute atomic E-state index is 12.2. The van der Waals surface area contributed by atoms with Gasteiger partial charge in [-0.1, -0.05) is 6.07 Å². The summed E-state index contributed by atoms with van der Waals surface area (Å²) in [5.74, 6) is -1.38. The monoisotopic (exact) mass is 285 g/mol. The summed E-state index contributed by atoms with van der Waals surface area (Å²) >= 11 is 0. The van der Waals surface area contributed by atoms with Crippen molar-refractivity contribution in [2.24, 2.45) is 0 Å². The molecule has 0 bridgehead atoms. The lowest BCUT2D eigenvalue weighted by Gasteiger charge is -2.19. The van der Waals surface area contributed by atoms with Crippen LogP contribution in [0.15, 0.2) is 12.1 Å². The van der Waals surface area contributed by atoms with Crippen molar-refractivity contribution < 1.29 is 22.8 Å². The summed E-state index contributed by atoms with van der Waals surface area (Å²) in [5, 5.41) is 0. The molecule has 1 aromatic rings. The number of nitrogens with zero attached hydrogens (tertiary/aromatic N) is 1. The number of aryl methyl sites for hydroxylation is 2. The van der Waals surface area contributed by atoms with Crippen LogP contribution in [0.25, 0.3) is 0 Å². The second kappa shape index (κ2) is 4.92. The number of anilines is 1. The molecule has 0 radical (unpaired) electrons. The molecule has 20 heavy (non-hydrogen) atoms. The molecule has 1 aliphatic heterocycles. The second-order valence-electron chi connectivity index (χ2n) is 4.98. The van der Waals surface area contributed by atoms with Gasteiger partial charge in [0.25, 0.3) is 11.7 Å². The Morgan fingerprint density at radius 1 is 1.15 bits per heavy atom. The van der Waals surface area contributed by atoms with E-state index >= 15 is 0 Å².